The number of hydrogen-bond donors (Lipinski definition) is 2. The molecule has 0 heterocycles. The van der Waals surface area contributed by atoms with Crippen LogP contribution in [0.5, 0.6) is 0 Å². The molecule has 4 nitrogen and oxygen atoms in total. The molecular formula is C12H11BrF2N2O2. The van der Waals surface area contributed by atoms with Gasteiger partial charge in [0.15, 0.2) is 11.6 Å². The third-order valence-electron chi connectivity index (χ3n) is 2.27. The Morgan fingerprint density at radius 3 is 2.58 bits per heavy atom. The van der Waals surface area contributed by atoms with E-state index in [9.17, 15) is 18.4 Å². The van der Waals surface area contributed by atoms with Crippen LogP contribution in [0.3, 0.4) is 0 Å². The van der Waals surface area contributed by atoms with Crippen molar-refractivity contribution in [3.05, 3.63) is 46.5 Å². The average Bonchev–Trinajstić information content (AvgIpc) is 2.31. The van der Waals surface area contributed by atoms with Gasteiger partial charge in [-0.05, 0) is 16.6 Å². The van der Waals surface area contributed by atoms with Gasteiger partial charge in [-0.25, -0.2) is 8.78 Å². The van der Waals surface area contributed by atoms with E-state index >= 15 is 0 Å². The molecule has 0 aromatic heterocycles. The fourth-order valence-corrected chi connectivity index (χ4v) is 1.68. The maximum atomic E-state index is 13.4. The molecule has 0 aliphatic rings. The average molecular weight is 333 g/mol. The summed E-state index contributed by atoms with van der Waals surface area (Å²) in [7, 11) is 0. The molecule has 7 heteroatoms. The number of nitrogens with two attached hydrogens (primary N) is 1. The summed E-state index contributed by atoms with van der Waals surface area (Å²) in [5.74, 6) is -4.14. The Bertz CT molecular complexity index is 534. The molecule has 0 fully saturated rings. The standard InChI is InChI=1S/C12H11BrF2N2O2/c1-6(13)5-9(11(16)18)17-12(19)7-3-2-4-8(14)10(7)15/h2-4,9H,1,5H2,(H2,16,18)(H,17,19)/t9-/m1/s1. The van der Waals surface area contributed by atoms with E-state index in [1.807, 2.05) is 0 Å². The van der Waals surface area contributed by atoms with Crippen LogP contribution in [0.2, 0.25) is 0 Å². The molecule has 0 saturated carbocycles. The monoisotopic (exact) mass is 332 g/mol. The molecule has 102 valence electrons. The lowest BCUT2D eigenvalue weighted by atomic mass is 10.1. The minimum atomic E-state index is -1.28. The summed E-state index contributed by atoms with van der Waals surface area (Å²) in [5.41, 5.74) is 4.60. The summed E-state index contributed by atoms with van der Waals surface area (Å²) in [5, 5.41) is 2.22. The second kappa shape index (κ2) is 6.42. The van der Waals surface area contributed by atoms with E-state index in [0.717, 1.165) is 12.1 Å². The first-order valence-corrected chi connectivity index (χ1v) is 5.99. The molecular weight excluding hydrogens is 322 g/mol. The Balaban J connectivity index is 2.91. The lowest BCUT2D eigenvalue weighted by molar-refractivity contribution is -0.119. The van der Waals surface area contributed by atoms with Crippen LogP contribution < -0.4 is 11.1 Å². The van der Waals surface area contributed by atoms with Crippen molar-refractivity contribution >= 4 is 27.7 Å². The van der Waals surface area contributed by atoms with Crippen molar-refractivity contribution in [1.82, 2.24) is 5.32 Å². The molecule has 3 N–H and O–H groups in total. The summed E-state index contributed by atoms with van der Waals surface area (Å²) in [6.45, 7) is 3.51. The third-order valence-corrected chi connectivity index (χ3v) is 2.59. The summed E-state index contributed by atoms with van der Waals surface area (Å²) >= 11 is 3.03. The van der Waals surface area contributed by atoms with Gasteiger partial charge in [0.2, 0.25) is 5.91 Å². The van der Waals surface area contributed by atoms with Crippen LogP contribution in [0, 0.1) is 11.6 Å². The second-order valence-corrected chi connectivity index (χ2v) is 4.87. The maximum Gasteiger partial charge on any atom is 0.255 e. The quantitative estimate of drug-likeness (QED) is 0.863. The first-order valence-electron chi connectivity index (χ1n) is 5.20. The van der Waals surface area contributed by atoms with Crippen molar-refractivity contribution in [1.29, 1.82) is 0 Å². The molecule has 2 amide bonds. The number of primary amides is 1. The van der Waals surface area contributed by atoms with E-state index in [1.165, 1.54) is 6.07 Å². The van der Waals surface area contributed by atoms with E-state index in [1.54, 1.807) is 0 Å². The lowest BCUT2D eigenvalue weighted by Crippen LogP contribution is -2.44. The van der Waals surface area contributed by atoms with Crippen molar-refractivity contribution < 1.29 is 18.4 Å². The molecule has 1 aromatic rings. The zero-order chi connectivity index (χ0) is 14.6. The summed E-state index contributed by atoms with van der Waals surface area (Å²) in [4.78, 5) is 22.9. The maximum absolute atomic E-state index is 13.4. The highest BCUT2D eigenvalue weighted by Crippen LogP contribution is 2.13. The van der Waals surface area contributed by atoms with Crippen molar-refractivity contribution in [2.24, 2.45) is 5.73 Å². The van der Waals surface area contributed by atoms with Crippen LogP contribution >= 0.6 is 15.9 Å². The van der Waals surface area contributed by atoms with Crippen LogP contribution in [-0.2, 0) is 4.79 Å². The number of nitrogens with one attached hydrogen (secondary N) is 1. The van der Waals surface area contributed by atoms with Crippen LogP contribution in [0.25, 0.3) is 0 Å². The normalized spacial score (nSPS) is 11.7. The first-order chi connectivity index (χ1) is 8.82. The van der Waals surface area contributed by atoms with Gasteiger partial charge in [-0.2, -0.15) is 0 Å². The molecule has 0 aliphatic carbocycles. The summed E-state index contributed by atoms with van der Waals surface area (Å²) in [6.07, 6.45) is 0.0536. The molecule has 0 aliphatic heterocycles. The Morgan fingerprint density at radius 1 is 1.42 bits per heavy atom. The second-order valence-electron chi connectivity index (χ2n) is 3.75. The van der Waals surface area contributed by atoms with Gasteiger partial charge < -0.3 is 11.1 Å². The molecule has 0 radical (unpaired) electrons. The summed E-state index contributed by atoms with van der Waals surface area (Å²) < 4.78 is 26.8. The Kier molecular flexibility index (Phi) is 5.17. The summed E-state index contributed by atoms with van der Waals surface area (Å²) in [6, 6.07) is 2.13. The van der Waals surface area contributed by atoms with E-state index in [0.29, 0.717) is 4.48 Å². The molecule has 0 bridgehead atoms. The van der Waals surface area contributed by atoms with E-state index in [-0.39, 0.29) is 6.42 Å². The van der Waals surface area contributed by atoms with Gasteiger partial charge >= 0.3 is 0 Å². The number of benzene rings is 1. The number of hydrogen-bond acceptors (Lipinski definition) is 2. The van der Waals surface area contributed by atoms with E-state index in [2.05, 4.69) is 27.8 Å². The van der Waals surface area contributed by atoms with Gasteiger partial charge in [-0.1, -0.05) is 28.6 Å². The molecule has 19 heavy (non-hydrogen) atoms. The molecule has 0 saturated heterocycles. The van der Waals surface area contributed by atoms with Gasteiger partial charge in [0, 0.05) is 6.42 Å². The molecule has 0 unspecified atom stereocenters. The van der Waals surface area contributed by atoms with Crippen molar-refractivity contribution in [3.63, 3.8) is 0 Å². The highest BCUT2D eigenvalue weighted by Gasteiger charge is 2.22. The van der Waals surface area contributed by atoms with Gasteiger partial charge in [0.1, 0.15) is 6.04 Å². The van der Waals surface area contributed by atoms with Gasteiger partial charge in [0.05, 0.1) is 5.56 Å². The SMILES string of the molecule is C=C(Br)C[C@@H](NC(=O)c1cccc(F)c1F)C(N)=O. The van der Waals surface area contributed by atoms with E-state index in [4.69, 9.17) is 5.73 Å². The third kappa shape index (κ3) is 4.13. The Labute approximate surface area is 116 Å². The Hall–Kier alpha value is -1.76. The van der Waals surface area contributed by atoms with Crippen molar-refractivity contribution in [2.75, 3.05) is 0 Å². The number of halogens is 3. The zero-order valence-electron chi connectivity index (χ0n) is 9.75. The predicted molar refractivity (Wildman–Crippen MR) is 69.5 cm³/mol. The highest BCUT2D eigenvalue weighted by molar-refractivity contribution is 9.11. The molecule has 1 rings (SSSR count). The van der Waals surface area contributed by atoms with Crippen molar-refractivity contribution in [2.45, 2.75) is 12.5 Å². The van der Waals surface area contributed by atoms with Gasteiger partial charge in [-0.15, -0.1) is 0 Å². The Morgan fingerprint density at radius 2 is 2.05 bits per heavy atom. The predicted octanol–water partition coefficient (Wildman–Crippen LogP) is 1.85. The number of carbonyl (C=O) groups is 2. The van der Waals surface area contributed by atoms with Crippen LogP contribution in [0.1, 0.15) is 16.8 Å². The molecule has 1 atom stereocenters. The van der Waals surface area contributed by atoms with Gasteiger partial charge in [-0.3, -0.25) is 9.59 Å². The number of rotatable bonds is 5. The van der Waals surface area contributed by atoms with Crippen LogP contribution in [0.15, 0.2) is 29.3 Å². The number of amides is 2. The minimum absolute atomic E-state index is 0.0536. The first kappa shape index (κ1) is 15.3. The fraction of sp³-hybridized carbons (Fsp3) is 0.167. The highest BCUT2D eigenvalue weighted by atomic mass is 79.9. The van der Waals surface area contributed by atoms with Crippen LogP contribution in [-0.4, -0.2) is 17.9 Å². The fourth-order valence-electron chi connectivity index (χ4n) is 1.36. The smallest absolute Gasteiger partial charge is 0.255 e. The minimum Gasteiger partial charge on any atom is -0.368 e. The topological polar surface area (TPSA) is 72.2 Å². The number of carbonyl (C=O) groups excluding carboxylic acids is 2. The lowest BCUT2D eigenvalue weighted by Gasteiger charge is -2.15. The molecule has 1 aromatic carbocycles. The largest absolute Gasteiger partial charge is 0.368 e. The van der Waals surface area contributed by atoms with Crippen molar-refractivity contribution in [3.8, 4) is 0 Å². The molecule has 0 spiro atoms. The van der Waals surface area contributed by atoms with Gasteiger partial charge in [0.25, 0.3) is 5.91 Å². The zero-order valence-corrected chi connectivity index (χ0v) is 11.3. The van der Waals surface area contributed by atoms with E-state index < -0.39 is 35.1 Å². The van der Waals surface area contributed by atoms with Crippen LogP contribution in [0.4, 0.5) is 8.78 Å².